The van der Waals surface area contributed by atoms with E-state index in [0.29, 0.717) is 0 Å². The Labute approximate surface area is 94.8 Å². The first-order chi connectivity index (χ1) is 7.61. The lowest BCUT2D eigenvalue weighted by Crippen LogP contribution is -1.88. The summed E-state index contributed by atoms with van der Waals surface area (Å²) in [6.07, 6.45) is 0. The molecule has 0 radical (unpaired) electrons. The van der Waals surface area contributed by atoms with E-state index in [4.69, 9.17) is 0 Å². The summed E-state index contributed by atoms with van der Waals surface area (Å²) in [4.78, 5) is 0. The minimum atomic E-state index is -0.0676. The van der Waals surface area contributed by atoms with Gasteiger partial charge in [0.2, 0.25) is 0 Å². The Hall–Kier alpha value is -1.96. The maximum atomic E-state index is 9.62. The molecule has 0 saturated carbocycles. The smallest absolute Gasteiger partial charge is 0.160 e. The second kappa shape index (κ2) is 3.89. The van der Waals surface area contributed by atoms with Crippen LogP contribution >= 0.6 is 0 Å². The molecule has 0 spiro atoms. The molecular formula is C14H14O2. The van der Waals surface area contributed by atoms with Gasteiger partial charge in [0.15, 0.2) is 11.5 Å². The van der Waals surface area contributed by atoms with Crippen molar-refractivity contribution in [1.82, 2.24) is 0 Å². The molecule has 16 heavy (non-hydrogen) atoms. The maximum absolute atomic E-state index is 9.62. The number of phenols is 2. The van der Waals surface area contributed by atoms with Crippen molar-refractivity contribution in [3.8, 4) is 22.6 Å². The predicted octanol–water partition coefficient (Wildman–Crippen LogP) is 3.38. The van der Waals surface area contributed by atoms with E-state index in [1.807, 2.05) is 37.3 Å². The molecule has 0 bridgehead atoms. The van der Waals surface area contributed by atoms with Crippen molar-refractivity contribution in [3.63, 3.8) is 0 Å². The first-order valence-electron chi connectivity index (χ1n) is 5.19. The highest BCUT2D eigenvalue weighted by molar-refractivity contribution is 5.72. The molecule has 0 aromatic heterocycles. The molecule has 2 nitrogen and oxygen atoms in total. The first-order valence-corrected chi connectivity index (χ1v) is 5.19. The third-order valence-corrected chi connectivity index (χ3v) is 2.93. The van der Waals surface area contributed by atoms with E-state index >= 15 is 0 Å². The standard InChI is InChI=1S/C14H14O2/c1-9-10(2)14(16)13(15)8-12(9)11-6-4-3-5-7-11/h3-8,15-16H,1-2H3. The van der Waals surface area contributed by atoms with Crippen LogP contribution in [0.1, 0.15) is 11.1 Å². The largest absolute Gasteiger partial charge is 0.504 e. The number of phenolic OH excluding ortho intramolecular Hbond substituents is 2. The summed E-state index contributed by atoms with van der Waals surface area (Å²) in [5.74, 6) is -0.0980. The number of rotatable bonds is 1. The second-order valence-corrected chi connectivity index (χ2v) is 3.91. The molecule has 2 heteroatoms. The van der Waals surface area contributed by atoms with Gasteiger partial charge in [0.1, 0.15) is 0 Å². The Bertz CT molecular complexity index is 516. The molecule has 0 saturated heterocycles. The Morgan fingerprint density at radius 2 is 1.50 bits per heavy atom. The SMILES string of the molecule is Cc1c(-c2ccccc2)cc(O)c(O)c1C. The van der Waals surface area contributed by atoms with Gasteiger partial charge in [-0.25, -0.2) is 0 Å². The minimum Gasteiger partial charge on any atom is -0.504 e. The van der Waals surface area contributed by atoms with E-state index < -0.39 is 0 Å². The molecule has 2 aromatic carbocycles. The summed E-state index contributed by atoms with van der Waals surface area (Å²) in [6, 6.07) is 11.4. The van der Waals surface area contributed by atoms with Gasteiger partial charge in [0, 0.05) is 0 Å². The van der Waals surface area contributed by atoms with Crippen LogP contribution in [0.4, 0.5) is 0 Å². The summed E-state index contributed by atoms with van der Waals surface area (Å²) >= 11 is 0. The molecule has 82 valence electrons. The van der Waals surface area contributed by atoms with Crippen molar-refractivity contribution < 1.29 is 10.2 Å². The molecule has 0 atom stereocenters. The van der Waals surface area contributed by atoms with Crippen LogP contribution in [0.3, 0.4) is 0 Å². The fourth-order valence-corrected chi connectivity index (χ4v) is 1.80. The van der Waals surface area contributed by atoms with Crippen LogP contribution in [-0.4, -0.2) is 10.2 Å². The molecule has 2 aromatic rings. The van der Waals surface area contributed by atoms with Crippen LogP contribution in [0.25, 0.3) is 11.1 Å². The fourth-order valence-electron chi connectivity index (χ4n) is 1.80. The summed E-state index contributed by atoms with van der Waals surface area (Å²) < 4.78 is 0. The maximum Gasteiger partial charge on any atom is 0.160 e. The molecule has 0 amide bonds. The summed E-state index contributed by atoms with van der Waals surface area (Å²) in [5, 5.41) is 19.2. The van der Waals surface area contributed by atoms with Crippen molar-refractivity contribution in [1.29, 1.82) is 0 Å². The summed E-state index contributed by atoms with van der Waals surface area (Å²) in [5.41, 5.74) is 3.70. The zero-order chi connectivity index (χ0) is 11.7. The number of aromatic hydroxyl groups is 2. The summed E-state index contributed by atoms with van der Waals surface area (Å²) in [6.45, 7) is 3.74. The quantitative estimate of drug-likeness (QED) is 0.714. The van der Waals surface area contributed by atoms with Crippen LogP contribution in [0.15, 0.2) is 36.4 Å². The van der Waals surface area contributed by atoms with Crippen LogP contribution < -0.4 is 0 Å². The average Bonchev–Trinajstić information content (AvgIpc) is 2.32. The summed E-state index contributed by atoms with van der Waals surface area (Å²) in [7, 11) is 0. The molecule has 0 aliphatic heterocycles. The molecular weight excluding hydrogens is 200 g/mol. The topological polar surface area (TPSA) is 40.5 Å². The van der Waals surface area contributed by atoms with Gasteiger partial charge in [0.05, 0.1) is 0 Å². The number of hydrogen-bond donors (Lipinski definition) is 2. The van der Waals surface area contributed by atoms with Crippen molar-refractivity contribution in [2.45, 2.75) is 13.8 Å². The van der Waals surface area contributed by atoms with Crippen molar-refractivity contribution in [3.05, 3.63) is 47.5 Å². The van der Waals surface area contributed by atoms with Gasteiger partial charge in [-0.2, -0.15) is 0 Å². The fraction of sp³-hybridized carbons (Fsp3) is 0.143. The van der Waals surface area contributed by atoms with Gasteiger partial charge < -0.3 is 10.2 Å². The van der Waals surface area contributed by atoms with Gasteiger partial charge in [-0.15, -0.1) is 0 Å². The van der Waals surface area contributed by atoms with Crippen molar-refractivity contribution in [2.75, 3.05) is 0 Å². The lowest BCUT2D eigenvalue weighted by Gasteiger charge is -2.12. The zero-order valence-electron chi connectivity index (χ0n) is 9.36. The predicted molar refractivity (Wildman–Crippen MR) is 64.7 cm³/mol. The van der Waals surface area contributed by atoms with Crippen LogP contribution in [0, 0.1) is 13.8 Å². The number of hydrogen-bond acceptors (Lipinski definition) is 2. The van der Waals surface area contributed by atoms with Crippen molar-refractivity contribution in [2.24, 2.45) is 0 Å². The Balaban J connectivity index is 2.68. The lowest BCUT2D eigenvalue weighted by atomic mass is 9.96. The Morgan fingerprint density at radius 1 is 0.875 bits per heavy atom. The Morgan fingerprint density at radius 3 is 2.12 bits per heavy atom. The van der Waals surface area contributed by atoms with E-state index in [1.54, 1.807) is 13.0 Å². The highest BCUT2D eigenvalue weighted by Gasteiger charge is 2.11. The van der Waals surface area contributed by atoms with E-state index in [1.165, 1.54) is 0 Å². The van der Waals surface area contributed by atoms with Gasteiger partial charge in [-0.1, -0.05) is 30.3 Å². The van der Waals surface area contributed by atoms with Crippen LogP contribution in [-0.2, 0) is 0 Å². The first kappa shape index (κ1) is 10.6. The highest BCUT2D eigenvalue weighted by atomic mass is 16.3. The molecule has 0 aliphatic rings. The van der Waals surface area contributed by atoms with Gasteiger partial charge in [-0.05, 0) is 42.2 Å². The molecule has 0 aliphatic carbocycles. The molecule has 0 fully saturated rings. The molecule has 0 heterocycles. The van der Waals surface area contributed by atoms with Gasteiger partial charge in [0.25, 0.3) is 0 Å². The van der Waals surface area contributed by atoms with E-state index in [9.17, 15) is 10.2 Å². The van der Waals surface area contributed by atoms with Gasteiger partial charge in [-0.3, -0.25) is 0 Å². The Kier molecular flexibility index (Phi) is 2.57. The van der Waals surface area contributed by atoms with E-state index in [0.717, 1.165) is 22.3 Å². The zero-order valence-corrected chi connectivity index (χ0v) is 9.36. The van der Waals surface area contributed by atoms with E-state index in [-0.39, 0.29) is 11.5 Å². The lowest BCUT2D eigenvalue weighted by molar-refractivity contribution is 0.401. The number of benzene rings is 2. The minimum absolute atomic E-state index is 0.0304. The average molecular weight is 214 g/mol. The third-order valence-electron chi connectivity index (χ3n) is 2.93. The second-order valence-electron chi connectivity index (χ2n) is 3.91. The third kappa shape index (κ3) is 1.63. The normalized spacial score (nSPS) is 10.4. The van der Waals surface area contributed by atoms with E-state index in [2.05, 4.69) is 0 Å². The van der Waals surface area contributed by atoms with Gasteiger partial charge >= 0.3 is 0 Å². The molecule has 0 unspecified atom stereocenters. The van der Waals surface area contributed by atoms with Crippen LogP contribution in [0.5, 0.6) is 11.5 Å². The molecule has 2 rings (SSSR count). The molecule has 2 N–H and O–H groups in total. The van der Waals surface area contributed by atoms with Crippen LogP contribution in [0.2, 0.25) is 0 Å². The van der Waals surface area contributed by atoms with Crippen molar-refractivity contribution >= 4 is 0 Å². The highest BCUT2D eigenvalue weighted by Crippen LogP contribution is 2.37. The monoisotopic (exact) mass is 214 g/mol.